The first-order valence-corrected chi connectivity index (χ1v) is 32.8. The summed E-state index contributed by atoms with van der Waals surface area (Å²) in [5, 5.41) is 36.6. The number of aliphatic hydroxyl groups is 2. The fourth-order valence-corrected chi connectivity index (χ4v) is 14.2. The number of amides is 1. The molecule has 4 heterocycles. The molecule has 90 heavy (non-hydrogen) atoms. The Kier molecular flexibility index (Phi) is 29.9. The number of carbonyl (C=O) groups excluding carboxylic acids is 4. The number of oxime groups is 1. The summed E-state index contributed by atoms with van der Waals surface area (Å²) in [4.78, 5) is 75.5. The zero-order valence-electron chi connectivity index (χ0n) is 56.0. The van der Waals surface area contributed by atoms with Crippen molar-refractivity contribution in [2.45, 2.75) is 244 Å². The number of nitrogens with one attached hydrogen (secondary N) is 1. The number of Topliss-reactive ketones (excluding diaryl/α,β-unsaturated/α-hetero) is 1. The number of cyclic esters (lactones) is 1. The molecule has 22 atom stereocenters. The van der Waals surface area contributed by atoms with Gasteiger partial charge in [-0.2, -0.15) is 0 Å². The van der Waals surface area contributed by atoms with Crippen molar-refractivity contribution >= 4 is 45.8 Å². The van der Waals surface area contributed by atoms with Crippen molar-refractivity contribution < 1.29 is 109 Å². The monoisotopic (exact) mass is 1310 g/mol. The van der Waals surface area contributed by atoms with E-state index in [1.165, 1.54) is 47.3 Å². The average Bonchev–Trinajstić information content (AvgIpc) is 3.57. The van der Waals surface area contributed by atoms with Crippen LogP contribution < -0.4 is 5.32 Å². The second-order valence-corrected chi connectivity index (χ2v) is 28.3. The third-order valence-electron chi connectivity index (χ3n) is 17.5. The van der Waals surface area contributed by atoms with E-state index in [9.17, 15) is 32.6 Å². The average molecular weight is 1310 g/mol. The van der Waals surface area contributed by atoms with Crippen molar-refractivity contribution in [3.8, 4) is 0 Å². The summed E-state index contributed by atoms with van der Waals surface area (Å²) in [7, 11) is 2.01. The van der Waals surface area contributed by atoms with Gasteiger partial charge in [-0.05, 0) is 99.2 Å². The van der Waals surface area contributed by atoms with Crippen LogP contribution in [0, 0.1) is 47.2 Å². The summed E-state index contributed by atoms with van der Waals surface area (Å²) >= 11 is 0. The van der Waals surface area contributed by atoms with Crippen molar-refractivity contribution in [3.63, 3.8) is 0 Å². The molecule has 0 aromatic heterocycles. The maximum Gasteiger partial charge on any atom is 0.408 e. The van der Waals surface area contributed by atoms with E-state index in [4.69, 9.17) is 66.8 Å². The zero-order valence-corrected chi connectivity index (χ0v) is 56.8. The second kappa shape index (κ2) is 34.6. The van der Waals surface area contributed by atoms with Crippen molar-refractivity contribution in [1.82, 2.24) is 10.2 Å². The highest BCUT2D eigenvalue weighted by Gasteiger charge is 2.53. The number of esters is 2. The molecule has 0 spiro atoms. The van der Waals surface area contributed by atoms with E-state index in [0.29, 0.717) is 13.0 Å². The largest absolute Gasteiger partial charge is 0.483 e. The Morgan fingerprint density at radius 1 is 0.878 bits per heavy atom. The highest BCUT2D eigenvalue weighted by Crippen LogP contribution is 2.41. The molecule has 4 N–H and O–H groups in total. The van der Waals surface area contributed by atoms with E-state index >= 15 is 9.59 Å². The minimum atomic E-state index is -4.19. The topological polar surface area (TPSA) is 319 Å². The van der Waals surface area contributed by atoms with Gasteiger partial charge in [-0.1, -0.05) is 65.8 Å². The number of alkyl carbamates (subject to hydrolysis) is 1. The maximum absolute atomic E-state index is 16.0. The lowest BCUT2D eigenvalue weighted by molar-refractivity contribution is -0.305. The van der Waals surface area contributed by atoms with Crippen molar-refractivity contribution in [3.05, 3.63) is 30.1 Å². The van der Waals surface area contributed by atoms with Crippen LogP contribution >= 0.6 is 0 Å². The van der Waals surface area contributed by atoms with Crippen molar-refractivity contribution in [2.75, 3.05) is 47.3 Å². The molecule has 0 bridgehead atoms. The molecule has 1 amide bonds. The van der Waals surface area contributed by atoms with E-state index in [-0.39, 0.29) is 62.5 Å². The Morgan fingerprint density at radius 2 is 1.51 bits per heavy atom. The summed E-state index contributed by atoms with van der Waals surface area (Å²) in [5.41, 5.74) is -3.25. The SMILES string of the molecule is CO/N=C1\C[C@@H](C)O[C@@H](O[C@@H]2[C@@H](C)[C@H](O[C@H]3CC(C)N(C)C[C@H](C)O3)[C@@H](C)C(=O)O[C@H]([C@@H](C)CO[C@@H]3O[C@H](C)[C@@H](O)[C@@H](OC)[C@H]3OC)[C@H](C)[C@@H](OC(=O)CC(C)C)[C@@H](C)C(=O)[C@@](C)(OC(=O)NC(C)(C)CCS(=O)(=O)c3ccccc3F)C[C@@H]2C)[C@@H]1O.O=CO. The van der Waals surface area contributed by atoms with E-state index in [1.54, 1.807) is 62.3 Å². The number of benzene rings is 1. The molecule has 0 saturated carbocycles. The molecule has 4 fully saturated rings. The molecule has 4 saturated heterocycles. The van der Waals surface area contributed by atoms with E-state index in [0.717, 1.165) is 12.1 Å². The predicted octanol–water partition coefficient (Wildman–Crippen LogP) is 6.49. The number of halogens is 1. The quantitative estimate of drug-likeness (QED) is 0.0469. The molecule has 4 aliphatic rings. The lowest BCUT2D eigenvalue weighted by atomic mass is 9.74. The Morgan fingerprint density at radius 3 is 2.11 bits per heavy atom. The molecular weight excluding hydrogens is 1200 g/mol. The molecule has 25 nitrogen and oxygen atoms in total. The molecule has 1 aromatic carbocycles. The van der Waals surface area contributed by atoms with Gasteiger partial charge in [0.05, 0.1) is 60.4 Å². The molecular formula is C63H104FN3O22S. The Hall–Kier alpha value is -4.52. The fraction of sp³-hybridized carbons (Fsp3) is 0.810. The molecule has 516 valence electrons. The van der Waals surface area contributed by atoms with Gasteiger partial charge in [0.15, 0.2) is 40.1 Å². The second-order valence-electron chi connectivity index (χ2n) is 26.3. The number of ether oxygens (including phenoxy) is 11. The number of likely N-dealkylation sites (N-methyl/N-ethyl adjacent to an activating group) is 1. The van der Waals surface area contributed by atoms with Crippen LogP contribution in [0.1, 0.15) is 136 Å². The molecule has 0 radical (unpaired) electrons. The summed E-state index contributed by atoms with van der Waals surface area (Å²) in [5.74, 6) is -9.77. The fourth-order valence-electron chi connectivity index (χ4n) is 12.5. The van der Waals surface area contributed by atoms with Crippen LogP contribution in [0.2, 0.25) is 0 Å². The predicted molar refractivity (Wildman–Crippen MR) is 326 cm³/mol. The number of hydrogen-bond acceptors (Lipinski definition) is 23. The van der Waals surface area contributed by atoms with Crippen LogP contribution in [-0.4, -0.2) is 215 Å². The van der Waals surface area contributed by atoms with E-state index < -0.39 is 177 Å². The molecule has 0 aliphatic carbocycles. The number of methoxy groups -OCH3 is 2. The van der Waals surface area contributed by atoms with Crippen LogP contribution in [0.5, 0.6) is 0 Å². The van der Waals surface area contributed by atoms with E-state index in [1.807, 2.05) is 34.7 Å². The van der Waals surface area contributed by atoms with Crippen LogP contribution in [0.4, 0.5) is 9.18 Å². The first kappa shape index (κ1) is 77.9. The third-order valence-corrected chi connectivity index (χ3v) is 19.3. The molecule has 1 aromatic rings. The minimum absolute atomic E-state index is 0.0382. The smallest absolute Gasteiger partial charge is 0.408 e. The van der Waals surface area contributed by atoms with E-state index in [2.05, 4.69) is 15.4 Å². The maximum atomic E-state index is 16.0. The number of sulfone groups is 1. The lowest BCUT2D eigenvalue weighted by Crippen LogP contribution is -2.59. The number of aliphatic hydroxyl groups excluding tert-OH is 2. The van der Waals surface area contributed by atoms with Gasteiger partial charge in [0.1, 0.15) is 54.4 Å². The van der Waals surface area contributed by atoms with Crippen LogP contribution in [-0.2, 0) is 86.0 Å². The number of hydrogen-bond donors (Lipinski definition) is 4. The normalized spacial score (nSPS) is 36.2. The van der Waals surface area contributed by atoms with Gasteiger partial charge in [-0.25, -0.2) is 17.6 Å². The number of carbonyl (C=O) groups is 5. The third kappa shape index (κ3) is 21.0. The number of ketones is 1. The van der Waals surface area contributed by atoms with Gasteiger partial charge in [-0.3, -0.25) is 19.2 Å². The number of rotatable bonds is 20. The van der Waals surface area contributed by atoms with Gasteiger partial charge in [0.2, 0.25) is 0 Å². The standard InChI is InChI=1S/C62H102FN3O20S.CH2O2/c1-32(2)26-46(67)82-52-39(9)51(34(4)31-78-59-55(76-18)54(75-17)48(68)42(12)81-59)84-57(71)41(11)53(83-47-27-35(5)66(16)30-37(7)79-47)38(8)50(85-58-49(69)44(65-77-19)28-36(6)80-58)33(3)29-62(15,56(70)40(52)10)86-60(72)64-61(13,14)24-25-87(73,74)45-23-21-20-22-43(45)63;2-1-3/h20-23,32-42,47-55,58-59,68-69H,24-31H2,1-19H3,(H,64,72);1H,(H,2,3)/b65-44+;/t33-,34-,35?,36+,37-,38+,39-,40+,41+,42+,47-,48+,49+,50-,51+,52+,53-,54+,55+,58-,59+,62-;/m0./s1. The highest BCUT2D eigenvalue weighted by molar-refractivity contribution is 7.91. The van der Waals surface area contributed by atoms with Gasteiger partial charge < -0.3 is 82.5 Å². The lowest BCUT2D eigenvalue weighted by Gasteiger charge is -2.45. The summed E-state index contributed by atoms with van der Waals surface area (Å²) < 4.78 is 112. The molecule has 4 aliphatic heterocycles. The molecule has 1 unspecified atom stereocenters. The Bertz CT molecular complexity index is 2620. The first-order chi connectivity index (χ1) is 42.0. The Labute approximate surface area is 531 Å². The van der Waals surface area contributed by atoms with Crippen LogP contribution in [0.15, 0.2) is 34.3 Å². The molecule has 5 rings (SSSR count). The first-order valence-electron chi connectivity index (χ1n) is 31.1. The van der Waals surface area contributed by atoms with Crippen molar-refractivity contribution in [2.24, 2.45) is 46.6 Å². The molecule has 27 heteroatoms. The minimum Gasteiger partial charge on any atom is -0.483 e. The van der Waals surface area contributed by atoms with Gasteiger partial charge in [-0.15, -0.1) is 0 Å². The van der Waals surface area contributed by atoms with Gasteiger partial charge in [0, 0.05) is 69.4 Å². The van der Waals surface area contributed by atoms with Crippen LogP contribution in [0.3, 0.4) is 0 Å². The van der Waals surface area contributed by atoms with Gasteiger partial charge >= 0.3 is 18.0 Å². The highest BCUT2D eigenvalue weighted by atomic mass is 32.2. The zero-order chi connectivity index (χ0) is 67.9. The number of nitrogens with zero attached hydrogens (tertiary/aromatic N) is 2. The number of carboxylic acid groups (broad SMARTS) is 1. The summed E-state index contributed by atoms with van der Waals surface area (Å²) in [6.07, 6.45) is -15.2. The summed E-state index contributed by atoms with van der Waals surface area (Å²) in [6.45, 7) is 26.0. The summed E-state index contributed by atoms with van der Waals surface area (Å²) in [6, 6.07) is 4.95. The van der Waals surface area contributed by atoms with Crippen LogP contribution in [0.25, 0.3) is 0 Å². The van der Waals surface area contributed by atoms with Gasteiger partial charge in [0.25, 0.3) is 6.47 Å². The Balaban J connectivity index is 0.00000565. The van der Waals surface area contributed by atoms with Crippen molar-refractivity contribution in [1.29, 1.82) is 0 Å².